The van der Waals surface area contributed by atoms with E-state index in [-0.39, 0.29) is 0 Å². The van der Waals surface area contributed by atoms with Crippen LogP contribution in [0, 0.1) is 16.7 Å². The van der Waals surface area contributed by atoms with Crippen LogP contribution in [0.3, 0.4) is 0 Å². The highest BCUT2D eigenvalue weighted by atomic mass is 32.1. The van der Waals surface area contributed by atoms with Gasteiger partial charge in [0, 0.05) is 5.41 Å². The van der Waals surface area contributed by atoms with Crippen molar-refractivity contribution in [3.63, 3.8) is 0 Å². The summed E-state index contributed by atoms with van der Waals surface area (Å²) in [5, 5.41) is 10.3. The van der Waals surface area contributed by atoms with Crippen LogP contribution >= 0.6 is 11.3 Å². The highest BCUT2D eigenvalue weighted by Crippen LogP contribution is 2.70. The van der Waals surface area contributed by atoms with Gasteiger partial charge in [0.15, 0.2) is 0 Å². The van der Waals surface area contributed by atoms with Crippen molar-refractivity contribution in [2.24, 2.45) is 16.7 Å². The van der Waals surface area contributed by atoms with Crippen LogP contribution in [0.1, 0.15) is 57.4 Å². The monoisotopic (exact) mass is 263 g/mol. The fraction of sp³-hybridized carbons (Fsp3) is 0.857. The molecule has 5 rings (SSSR count). The van der Waals surface area contributed by atoms with Gasteiger partial charge < -0.3 is 5.73 Å². The fourth-order valence-electron chi connectivity index (χ4n) is 6.14. The quantitative estimate of drug-likeness (QED) is 0.845. The average Bonchev–Trinajstić information content (AvgIpc) is 2.59. The first kappa shape index (κ1) is 11.2. The van der Waals surface area contributed by atoms with Gasteiger partial charge in [-0.05, 0) is 55.3 Å². The van der Waals surface area contributed by atoms with Crippen LogP contribution in [0.2, 0.25) is 0 Å². The molecular weight excluding hydrogens is 242 g/mol. The van der Waals surface area contributed by atoms with Crippen LogP contribution in [0.5, 0.6) is 0 Å². The molecule has 4 bridgehead atoms. The molecule has 0 saturated heterocycles. The van der Waals surface area contributed by atoms with Crippen molar-refractivity contribution in [2.75, 3.05) is 5.73 Å². The number of nitrogen functional groups attached to an aromatic ring is 1. The molecule has 0 amide bonds. The summed E-state index contributed by atoms with van der Waals surface area (Å²) in [7, 11) is 0. The summed E-state index contributed by atoms with van der Waals surface area (Å²) < 4.78 is 0. The Kier molecular flexibility index (Phi) is 1.92. The van der Waals surface area contributed by atoms with Crippen LogP contribution in [-0.2, 0) is 5.41 Å². The zero-order valence-corrected chi connectivity index (χ0v) is 12.0. The summed E-state index contributed by atoms with van der Waals surface area (Å²) in [4.78, 5) is 0. The Hall–Kier alpha value is -0.640. The zero-order valence-electron chi connectivity index (χ0n) is 11.2. The van der Waals surface area contributed by atoms with Crippen LogP contribution in [-0.4, -0.2) is 10.2 Å². The number of hydrogen-bond donors (Lipinski definition) is 1. The fourth-order valence-corrected chi connectivity index (χ4v) is 6.94. The normalized spacial score (nSPS) is 49.8. The first-order valence-electron chi connectivity index (χ1n) is 7.00. The Labute approximate surface area is 112 Å². The van der Waals surface area contributed by atoms with Gasteiger partial charge in [-0.1, -0.05) is 25.2 Å². The van der Waals surface area contributed by atoms with Crippen molar-refractivity contribution in [1.29, 1.82) is 0 Å². The Bertz CT molecular complexity index is 491. The van der Waals surface area contributed by atoms with Gasteiger partial charge in [0.05, 0.1) is 0 Å². The Morgan fingerprint density at radius 3 is 2.22 bits per heavy atom. The Morgan fingerprint density at radius 1 is 1.06 bits per heavy atom. The molecule has 0 aliphatic heterocycles. The molecule has 1 aromatic rings. The molecule has 4 aliphatic carbocycles. The second-order valence-corrected chi connectivity index (χ2v) is 8.86. The number of rotatable bonds is 1. The average molecular weight is 263 g/mol. The van der Waals surface area contributed by atoms with E-state index >= 15 is 0 Å². The topological polar surface area (TPSA) is 51.8 Å². The minimum absolute atomic E-state index is 0.304. The van der Waals surface area contributed by atoms with Gasteiger partial charge in [0.25, 0.3) is 0 Å². The molecule has 18 heavy (non-hydrogen) atoms. The van der Waals surface area contributed by atoms with Crippen molar-refractivity contribution < 1.29 is 0 Å². The minimum atomic E-state index is 0.304. The maximum Gasteiger partial charge on any atom is 0.203 e. The molecule has 4 heteroatoms. The predicted molar refractivity (Wildman–Crippen MR) is 73.4 cm³/mol. The Balaban J connectivity index is 1.82. The minimum Gasteiger partial charge on any atom is -0.374 e. The van der Waals surface area contributed by atoms with Gasteiger partial charge in [0.2, 0.25) is 5.13 Å². The molecule has 0 spiro atoms. The summed E-state index contributed by atoms with van der Waals surface area (Å²) >= 11 is 1.63. The van der Waals surface area contributed by atoms with Crippen molar-refractivity contribution in [3.05, 3.63) is 5.01 Å². The third-order valence-electron chi connectivity index (χ3n) is 5.52. The van der Waals surface area contributed by atoms with Crippen LogP contribution in [0.4, 0.5) is 5.13 Å². The van der Waals surface area contributed by atoms with E-state index in [1.54, 1.807) is 11.3 Å². The van der Waals surface area contributed by atoms with E-state index in [1.165, 1.54) is 43.5 Å². The van der Waals surface area contributed by atoms with Crippen LogP contribution < -0.4 is 5.73 Å². The number of aromatic nitrogens is 2. The number of nitrogens with two attached hydrogens (primary N) is 1. The molecular formula is C14H21N3S. The molecule has 3 nitrogen and oxygen atoms in total. The summed E-state index contributed by atoms with van der Waals surface area (Å²) in [5.74, 6) is 0.904. The lowest BCUT2D eigenvalue weighted by atomic mass is 9.40. The van der Waals surface area contributed by atoms with Gasteiger partial charge >= 0.3 is 0 Å². The van der Waals surface area contributed by atoms with Gasteiger partial charge in [0.1, 0.15) is 5.01 Å². The van der Waals surface area contributed by atoms with Gasteiger partial charge in [-0.3, -0.25) is 0 Å². The summed E-state index contributed by atoms with van der Waals surface area (Å²) in [5.41, 5.74) is 7.18. The van der Waals surface area contributed by atoms with E-state index in [4.69, 9.17) is 5.73 Å². The van der Waals surface area contributed by atoms with Gasteiger partial charge in [-0.15, -0.1) is 10.2 Å². The highest BCUT2D eigenvalue weighted by molar-refractivity contribution is 7.15. The molecule has 4 aliphatic rings. The van der Waals surface area contributed by atoms with Gasteiger partial charge in [-0.25, -0.2) is 0 Å². The van der Waals surface area contributed by atoms with Crippen LogP contribution in [0.15, 0.2) is 0 Å². The lowest BCUT2D eigenvalue weighted by Gasteiger charge is -2.64. The largest absolute Gasteiger partial charge is 0.374 e. The van der Waals surface area contributed by atoms with E-state index in [1.807, 2.05) is 0 Å². The molecule has 0 radical (unpaired) electrons. The van der Waals surface area contributed by atoms with E-state index in [9.17, 15) is 0 Å². The highest BCUT2D eigenvalue weighted by Gasteiger charge is 2.61. The maximum atomic E-state index is 5.81. The second kappa shape index (κ2) is 3.09. The number of anilines is 1. The third-order valence-corrected chi connectivity index (χ3v) is 6.52. The smallest absolute Gasteiger partial charge is 0.203 e. The van der Waals surface area contributed by atoms with Crippen molar-refractivity contribution in [2.45, 2.75) is 57.8 Å². The maximum absolute atomic E-state index is 5.81. The van der Waals surface area contributed by atoms with Crippen LogP contribution in [0.25, 0.3) is 0 Å². The van der Waals surface area contributed by atoms with Gasteiger partial charge in [-0.2, -0.15) is 0 Å². The number of nitrogens with zero attached hydrogens (tertiary/aromatic N) is 2. The Morgan fingerprint density at radius 2 is 1.72 bits per heavy atom. The van der Waals surface area contributed by atoms with Crippen molar-refractivity contribution in [3.8, 4) is 0 Å². The second-order valence-electron chi connectivity index (χ2n) is 7.86. The summed E-state index contributed by atoms with van der Waals surface area (Å²) in [6, 6.07) is 0. The van der Waals surface area contributed by atoms with E-state index in [2.05, 4.69) is 24.0 Å². The van der Waals surface area contributed by atoms with E-state index in [0.717, 1.165) is 5.92 Å². The molecule has 1 aromatic heterocycles. The molecule has 0 aromatic carbocycles. The predicted octanol–water partition coefficient (Wildman–Crippen LogP) is 3.37. The first-order chi connectivity index (χ1) is 8.41. The summed E-state index contributed by atoms with van der Waals surface area (Å²) in [6.45, 7) is 4.99. The van der Waals surface area contributed by atoms with Crippen molar-refractivity contribution >= 4 is 16.5 Å². The molecule has 2 N–H and O–H groups in total. The molecule has 4 saturated carbocycles. The lowest BCUT2D eigenvalue weighted by molar-refractivity contribution is -0.110. The van der Waals surface area contributed by atoms with E-state index < -0.39 is 0 Å². The molecule has 4 fully saturated rings. The molecule has 2 unspecified atom stereocenters. The molecule has 98 valence electrons. The molecule has 1 heterocycles. The SMILES string of the molecule is CC12CC3CC(C)(C1)CC(c1nnc(N)s1)(C3)C2. The number of hydrogen-bond acceptors (Lipinski definition) is 4. The first-order valence-corrected chi connectivity index (χ1v) is 7.82. The molecule has 2 atom stereocenters. The summed E-state index contributed by atoms with van der Waals surface area (Å²) in [6.07, 6.45) is 8.21. The standard InChI is InChI=1S/C14H21N3S/c1-12-3-9-4-13(2,6-12)8-14(5-9,7-12)10-16-17-11(15)18-10/h9H,3-8H2,1-2H3,(H2,15,17). The van der Waals surface area contributed by atoms with Crippen molar-refractivity contribution in [1.82, 2.24) is 10.2 Å². The van der Waals surface area contributed by atoms with E-state index in [0.29, 0.717) is 21.4 Å². The lowest BCUT2D eigenvalue weighted by Crippen LogP contribution is -2.56. The third kappa shape index (κ3) is 1.41. The zero-order chi connectivity index (χ0) is 12.6.